The number of nitrogens with one attached hydrogen (secondary N) is 1. The first-order valence-electron chi connectivity index (χ1n) is 12.7. The highest BCUT2D eigenvalue weighted by molar-refractivity contribution is 6.05. The van der Waals surface area contributed by atoms with Gasteiger partial charge in [-0.3, -0.25) is 14.4 Å². The quantitative estimate of drug-likeness (QED) is 0.133. The summed E-state index contributed by atoms with van der Waals surface area (Å²) < 4.78 is 5.60. The number of piperidine rings is 1. The lowest BCUT2D eigenvalue weighted by Crippen LogP contribution is -2.38. The molecule has 0 spiro atoms. The third-order valence-corrected chi connectivity index (χ3v) is 6.68. The Kier molecular flexibility index (Phi) is 8.87. The van der Waals surface area contributed by atoms with E-state index in [9.17, 15) is 14.4 Å². The standard InChI is InChI=1S/C30H31N3O5/c1-21(32-37)38-28-20-25(31-29(35)23-8-4-2-5-9-23)13-14-26(28)27(34)15-12-22-16-18-33(19-17-22)30(36)24-10-6-3-7-11-24/h2-11,13-14,20,22,37H,12,15-19H2,1H3,(H,31,35). The molecule has 0 radical (unpaired) electrons. The molecule has 1 aliphatic heterocycles. The van der Waals surface area contributed by atoms with E-state index >= 15 is 0 Å². The SMILES string of the molecule is CC(=NO)Oc1cc(NC(=O)c2ccccc2)ccc1C(=O)CCC1CCN(C(=O)c2ccccc2)CC1. The van der Waals surface area contributed by atoms with Gasteiger partial charge in [-0.2, -0.15) is 0 Å². The van der Waals surface area contributed by atoms with Gasteiger partial charge < -0.3 is 20.2 Å². The molecule has 0 unspecified atom stereocenters. The minimum atomic E-state index is -0.291. The van der Waals surface area contributed by atoms with Crippen molar-refractivity contribution < 1.29 is 24.3 Å². The molecule has 0 aliphatic carbocycles. The van der Waals surface area contributed by atoms with E-state index in [1.165, 1.54) is 6.92 Å². The van der Waals surface area contributed by atoms with Gasteiger partial charge in [-0.25, -0.2) is 0 Å². The number of anilines is 1. The first-order valence-corrected chi connectivity index (χ1v) is 12.7. The van der Waals surface area contributed by atoms with Crippen LogP contribution in [-0.2, 0) is 0 Å². The van der Waals surface area contributed by atoms with Gasteiger partial charge >= 0.3 is 0 Å². The molecule has 3 aromatic rings. The molecule has 3 aromatic carbocycles. The molecule has 0 bridgehead atoms. The van der Waals surface area contributed by atoms with Crippen molar-refractivity contribution in [2.45, 2.75) is 32.6 Å². The molecule has 196 valence electrons. The third kappa shape index (κ3) is 6.85. The second-order valence-corrected chi connectivity index (χ2v) is 9.32. The van der Waals surface area contributed by atoms with Crippen molar-refractivity contribution in [3.8, 4) is 5.75 Å². The fraction of sp³-hybridized carbons (Fsp3) is 0.267. The lowest BCUT2D eigenvalue weighted by molar-refractivity contribution is 0.0681. The number of nitrogens with zero attached hydrogens (tertiary/aromatic N) is 2. The van der Waals surface area contributed by atoms with Crippen LogP contribution in [0.3, 0.4) is 0 Å². The maximum absolute atomic E-state index is 13.2. The summed E-state index contributed by atoms with van der Waals surface area (Å²) in [6, 6.07) is 22.9. The Morgan fingerprint density at radius 3 is 2.21 bits per heavy atom. The van der Waals surface area contributed by atoms with Gasteiger partial charge in [-0.05, 0) is 61.6 Å². The number of carbonyl (C=O) groups excluding carboxylic acids is 3. The van der Waals surface area contributed by atoms with Crippen molar-refractivity contribution in [2.75, 3.05) is 18.4 Å². The number of oxime groups is 1. The van der Waals surface area contributed by atoms with Gasteiger partial charge in [0.15, 0.2) is 5.78 Å². The van der Waals surface area contributed by atoms with Crippen LogP contribution in [0.2, 0.25) is 0 Å². The fourth-order valence-corrected chi connectivity index (χ4v) is 4.55. The minimum absolute atomic E-state index is 0.0268. The summed E-state index contributed by atoms with van der Waals surface area (Å²) in [4.78, 5) is 40.3. The van der Waals surface area contributed by atoms with Gasteiger partial charge in [0.25, 0.3) is 11.8 Å². The summed E-state index contributed by atoms with van der Waals surface area (Å²) in [5.41, 5.74) is 1.99. The predicted octanol–water partition coefficient (Wildman–Crippen LogP) is 5.64. The number of ketones is 1. The van der Waals surface area contributed by atoms with E-state index in [1.54, 1.807) is 42.5 Å². The van der Waals surface area contributed by atoms with Crippen molar-refractivity contribution in [1.29, 1.82) is 0 Å². The average Bonchev–Trinajstić information content (AvgIpc) is 2.96. The van der Waals surface area contributed by atoms with Gasteiger partial charge in [0.1, 0.15) is 5.75 Å². The zero-order valence-electron chi connectivity index (χ0n) is 21.3. The van der Waals surface area contributed by atoms with Crippen LogP contribution in [-0.4, -0.2) is 46.7 Å². The fourth-order valence-electron chi connectivity index (χ4n) is 4.55. The highest BCUT2D eigenvalue weighted by Crippen LogP contribution is 2.29. The highest BCUT2D eigenvalue weighted by atomic mass is 16.5. The number of hydrogen-bond donors (Lipinski definition) is 2. The number of benzene rings is 3. The van der Waals surface area contributed by atoms with Crippen LogP contribution in [0.15, 0.2) is 84.0 Å². The molecule has 1 aliphatic rings. The largest absolute Gasteiger partial charge is 0.439 e. The van der Waals surface area contributed by atoms with E-state index in [2.05, 4.69) is 10.5 Å². The molecule has 8 nitrogen and oxygen atoms in total. The number of Topliss-reactive ketones (excluding diaryl/α,β-unsaturated/α-hetero) is 1. The van der Waals surface area contributed by atoms with Crippen molar-refractivity contribution >= 4 is 29.2 Å². The van der Waals surface area contributed by atoms with E-state index in [0.29, 0.717) is 54.2 Å². The third-order valence-electron chi connectivity index (χ3n) is 6.68. The monoisotopic (exact) mass is 513 g/mol. The number of amides is 2. The van der Waals surface area contributed by atoms with E-state index in [0.717, 1.165) is 12.8 Å². The van der Waals surface area contributed by atoms with Gasteiger partial charge in [0.05, 0.1) is 5.56 Å². The molecule has 0 atom stereocenters. The molecule has 4 rings (SSSR count). The van der Waals surface area contributed by atoms with Crippen LogP contribution in [0.25, 0.3) is 0 Å². The Morgan fingerprint density at radius 2 is 1.58 bits per heavy atom. The molecular weight excluding hydrogens is 482 g/mol. The topological polar surface area (TPSA) is 108 Å². The molecule has 1 fully saturated rings. The van der Waals surface area contributed by atoms with Crippen molar-refractivity contribution in [1.82, 2.24) is 4.90 Å². The van der Waals surface area contributed by atoms with Crippen molar-refractivity contribution in [2.24, 2.45) is 11.1 Å². The van der Waals surface area contributed by atoms with Gasteiger partial charge in [-0.15, -0.1) is 0 Å². The Balaban J connectivity index is 1.37. The maximum Gasteiger partial charge on any atom is 0.255 e. The van der Waals surface area contributed by atoms with Gasteiger partial charge in [-0.1, -0.05) is 41.6 Å². The number of likely N-dealkylation sites (tertiary alicyclic amines) is 1. The second-order valence-electron chi connectivity index (χ2n) is 9.32. The Bertz CT molecular complexity index is 1300. The summed E-state index contributed by atoms with van der Waals surface area (Å²) in [6.45, 7) is 2.81. The zero-order chi connectivity index (χ0) is 26.9. The predicted molar refractivity (Wildman–Crippen MR) is 145 cm³/mol. The highest BCUT2D eigenvalue weighted by Gasteiger charge is 2.25. The first kappa shape index (κ1) is 26.6. The van der Waals surface area contributed by atoms with Crippen LogP contribution in [0.4, 0.5) is 5.69 Å². The van der Waals surface area contributed by atoms with Crippen LogP contribution in [0, 0.1) is 5.92 Å². The molecular formula is C30H31N3O5. The summed E-state index contributed by atoms with van der Waals surface area (Å²) >= 11 is 0. The lowest BCUT2D eigenvalue weighted by Gasteiger charge is -2.32. The maximum atomic E-state index is 13.2. The van der Waals surface area contributed by atoms with E-state index in [1.807, 2.05) is 41.3 Å². The Morgan fingerprint density at radius 1 is 0.947 bits per heavy atom. The van der Waals surface area contributed by atoms with Crippen molar-refractivity contribution in [3.05, 3.63) is 95.6 Å². The lowest BCUT2D eigenvalue weighted by atomic mass is 9.90. The smallest absolute Gasteiger partial charge is 0.255 e. The molecule has 38 heavy (non-hydrogen) atoms. The number of rotatable bonds is 8. The molecule has 0 saturated carbocycles. The molecule has 1 saturated heterocycles. The number of ether oxygens (including phenoxy) is 1. The molecule has 2 amide bonds. The van der Waals surface area contributed by atoms with E-state index in [-0.39, 0.29) is 29.2 Å². The molecule has 8 heteroatoms. The van der Waals surface area contributed by atoms with E-state index in [4.69, 9.17) is 9.94 Å². The Labute approximate surface area is 221 Å². The number of carbonyl (C=O) groups is 3. The van der Waals surface area contributed by atoms with Crippen LogP contribution < -0.4 is 10.1 Å². The number of hydrogen-bond acceptors (Lipinski definition) is 6. The summed E-state index contributed by atoms with van der Waals surface area (Å²) in [6.07, 6.45) is 2.70. The average molecular weight is 514 g/mol. The second kappa shape index (κ2) is 12.7. The molecule has 1 heterocycles. The zero-order valence-corrected chi connectivity index (χ0v) is 21.3. The summed E-state index contributed by atoms with van der Waals surface area (Å²) in [5.74, 6) is 0.172. The van der Waals surface area contributed by atoms with Crippen molar-refractivity contribution in [3.63, 3.8) is 0 Å². The molecule has 0 aromatic heterocycles. The minimum Gasteiger partial charge on any atom is -0.439 e. The van der Waals surface area contributed by atoms with Gasteiger partial charge in [0.2, 0.25) is 5.90 Å². The summed E-state index contributed by atoms with van der Waals surface area (Å²) in [7, 11) is 0. The summed E-state index contributed by atoms with van der Waals surface area (Å²) in [5, 5.41) is 14.9. The van der Waals surface area contributed by atoms with Crippen LogP contribution in [0.1, 0.15) is 63.7 Å². The van der Waals surface area contributed by atoms with Crippen LogP contribution >= 0.6 is 0 Å². The molecule has 2 N–H and O–H groups in total. The van der Waals surface area contributed by atoms with Gasteiger partial charge in [0, 0.05) is 49.3 Å². The van der Waals surface area contributed by atoms with Crippen LogP contribution in [0.5, 0.6) is 5.75 Å². The normalized spacial score (nSPS) is 14.1. The first-order chi connectivity index (χ1) is 18.4. The van der Waals surface area contributed by atoms with E-state index < -0.39 is 0 Å². The Hall–Kier alpha value is -4.46.